The number of rotatable bonds is 8. The van der Waals surface area contributed by atoms with Crippen molar-refractivity contribution in [2.45, 2.75) is 64.0 Å². The second-order valence-electron chi connectivity index (χ2n) is 5.59. The fourth-order valence-electron chi connectivity index (χ4n) is 3.01. The van der Waals surface area contributed by atoms with E-state index >= 15 is 0 Å². The SMILES string of the molecule is CCCNC1CCCCCC1N(C)CCCOC. The van der Waals surface area contributed by atoms with E-state index in [1.54, 1.807) is 7.11 Å². The van der Waals surface area contributed by atoms with Crippen LogP contribution < -0.4 is 5.32 Å². The van der Waals surface area contributed by atoms with Gasteiger partial charge in [0.2, 0.25) is 0 Å². The van der Waals surface area contributed by atoms with Gasteiger partial charge in [0.25, 0.3) is 0 Å². The van der Waals surface area contributed by atoms with Crippen molar-refractivity contribution in [1.29, 1.82) is 0 Å². The minimum absolute atomic E-state index is 0.694. The molecule has 0 aromatic rings. The molecule has 1 aliphatic rings. The molecule has 0 heterocycles. The first-order chi connectivity index (χ1) is 8.79. The summed E-state index contributed by atoms with van der Waals surface area (Å²) >= 11 is 0. The summed E-state index contributed by atoms with van der Waals surface area (Å²) < 4.78 is 5.15. The van der Waals surface area contributed by atoms with Crippen LogP contribution in [0.15, 0.2) is 0 Å². The van der Waals surface area contributed by atoms with Crippen molar-refractivity contribution in [3.8, 4) is 0 Å². The molecule has 3 heteroatoms. The summed E-state index contributed by atoms with van der Waals surface area (Å²) in [4.78, 5) is 2.55. The lowest BCUT2D eigenvalue weighted by Gasteiger charge is -2.34. The van der Waals surface area contributed by atoms with Gasteiger partial charge >= 0.3 is 0 Å². The third kappa shape index (κ3) is 5.68. The molecule has 0 saturated heterocycles. The van der Waals surface area contributed by atoms with Gasteiger partial charge in [-0.25, -0.2) is 0 Å². The number of hydrogen-bond acceptors (Lipinski definition) is 3. The molecule has 0 radical (unpaired) electrons. The number of methoxy groups -OCH3 is 1. The van der Waals surface area contributed by atoms with Crippen LogP contribution >= 0.6 is 0 Å². The average Bonchev–Trinajstić information content (AvgIpc) is 2.61. The highest BCUT2D eigenvalue weighted by Gasteiger charge is 2.25. The molecule has 0 aromatic carbocycles. The first kappa shape index (κ1) is 15.9. The summed E-state index contributed by atoms with van der Waals surface area (Å²) in [6.45, 7) is 5.45. The second-order valence-corrected chi connectivity index (χ2v) is 5.59. The molecule has 2 unspecified atom stereocenters. The van der Waals surface area contributed by atoms with Gasteiger partial charge in [0.15, 0.2) is 0 Å². The van der Waals surface area contributed by atoms with Gasteiger partial charge in [-0.05, 0) is 39.3 Å². The van der Waals surface area contributed by atoms with Crippen molar-refractivity contribution < 1.29 is 4.74 Å². The molecule has 0 aliphatic heterocycles. The van der Waals surface area contributed by atoms with Crippen LogP contribution in [0.25, 0.3) is 0 Å². The monoisotopic (exact) mass is 256 g/mol. The lowest BCUT2D eigenvalue weighted by molar-refractivity contribution is 0.145. The molecule has 1 fully saturated rings. The zero-order valence-electron chi connectivity index (χ0n) is 12.6. The van der Waals surface area contributed by atoms with Gasteiger partial charge in [0.05, 0.1) is 0 Å². The maximum Gasteiger partial charge on any atom is 0.0474 e. The molecule has 18 heavy (non-hydrogen) atoms. The van der Waals surface area contributed by atoms with Gasteiger partial charge in [0.1, 0.15) is 0 Å². The van der Waals surface area contributed by atoms with Gasteiger partial charge in [-0.15, -0.1) is 0 Å². The van der Waals surface area contributed by atoms with Gasteiger partial charge in [-0.1, -0.05) is 26.2 Å². The fraction of sp³-hybridized carbons (Fsp3) is 1.00. The lowest BCUT2D eigenvalue weighted by Crippen LogP contribution is -2.48. The minimum atomic E-state index is 0.694. The maximum atomic E-state index is 5.15. The van der Waals surface area contributed by atoms with Crippen molar-refractivity contribution in [2.24, 2.45) is 0 Å². The van der Waals surface area contributed by atoms with Gasteiger partial charge in [-0.2, -0.15) is 0 Å². The average molecular weight is 256 g/mol. The van der Waals surface area contributed by atoms with Gasteiger partial charge in [0, 0.05) is 32.3 Å². The van der Waals surface area contributed by atoms with Crippen LogP contribution in [0.3, 0.4) is 0 Å². The molecule has 0 aromatic heterocycles. The van der Waals surface area contributed by atoms with Crippen LogP contribution in [0.4, 0.5) is 0 Å². The van der Waals surface area contributed by atoms with Crippen LogP contribution in [0.1, 0.15) is 51.9 Å². The largest absolute Gasteiger partial charge is 0.385 e. The second kappa shape index (κ2) is 9.76. The summed E-state index contributed by atoms with van der Waals surface area (Å²) in [5.41, 5.74) is 0. The van der Waals surface area contributed by atoms with E-state index in [-0.39, 0.29) is 0 Å². The standard InChI is InChI=1S/C15H32N2O/c1-4-11-16-14-9-6-5-7-10-15(14)17(2)12-8-13-18-3/h14-16H,4-13H2,1-3H3. The Morgan fingerprint density at radius 2 is 2.00 bits per heavy atom. The number of nitrogens with zero attached hydrogens (tertiary/aromatic N) is 1. The van der Waals surface area contributed by atoms with Gasteiger partial charge in [-0.3, -0.25) is 0 Å². The number of ether oxygens (including phenoxy) is 1. The van der Waals surface area contributed by atoms with E-state index in [4.69, 9.17) is 4.74 Å². The third-order valence-corrected chi connectivity index (χ3v) is 4.06. The van der Waals surface area contributed by atoms with E-state index in [1.807, 2.05) is 0 Å². The first-order valence-corrected chi connectivity index (χ1v) is 7.72. The van der Waals surface area contributed by atoms with E-state index < -0.39 is 0 Å². The van der Waals surface area contributed by atoms with Crippen LogP contribution in [-0.4, -0.2) is 50.8 Å². The summed E-state index contributed by atoms with van der Waals surface area (Å²) in [5, 5.41) is 3.76. The highest BCUT2D eigenvalue weighted by atomic mass is 16.5. The smallest absolute Gasteiger partial charge is 0.0474 e. The van der Waals surface area contributed by atoms with Crippen LogP contribution in [0.2, 0.25) is 0 Å². The predicted octanol–water partition coefficient (Wildman–Crippen LogP) is 2.66. The zero-order chi connectivity index (χ0) is 13.2. The molecule has 0 amide bonds. The van der Waals surface area contributed by atoms with E-state index in [1.165, 1.54) is 38.5 Å². The molecule has 1 saturated carbocycles. The number of likely N-dealkylation sites (N-methyl/N-ethyl adjacent to an activating group) is 1. The predicted molar refractivity (Wildman–Crippen MR) is 78.1 cm³/mol. The van der Waals surface area contributed by atoms with E-state index in [0.717, 1.165) is 32.2 Å². The number of nitrogens with one attached hydrogen (secondary N) is 1. The van der Waals surface area contributed by atoms with Crippen molar-refractivity contribution in [2.75, 3.05) is 33.9 Å². The summed E-state index contributed by atoms with van der Waals surface area (Å²) in [6.07, 6.45) is 9.27. The lowest BCUT2D eigenvalue weighted by atomic mass is 10.0. The Kier molecular flexibility index (Phi) is 8.64. The highest BCUT2D eigenvalue weighted by Crippen LogP contribution is 2.22. The fourth-order valence-corrected chi connectivity index (χ4v) is 3.01. The number of hydrogen-bond donors (Lipinski definition) is 1. The molecular weight excluding hydrogens is 224 g/mol. The Morgan fingerprint density at radius 3 is 2.72 bits per heavy atom. The van der Waals surface area contributed by atoms with Crippen LogP contribution in [0.5, 0.6) is 0 Å². The normalized spacial score (nSPS) is 25.3. The Bertz CT molecular complexity index is 199. The summed E-state index contributed by atoms with van der Waals surface area (Å²) in [5.74, 6) is 0. The molecule has 0 spiro atoms. The van der Waals surface area contributed by atoms with E-state index in [9.17, 15) is 0 Å². The molecule has 1 N–H and O–H groups in total. The first-order valence-electron chi connectivity index (χ1n) is 7.72. The highest BCUT2D eigenvalue weighted by molar-refractivity contribution is 4.85. The Morgan fingerprint density at radius 1 is 1.22 bits per heavy atom. The van der Waals surface area contributed by atoms with E-state index in [2.05, 4.69) is 24.2 Å². The molecule has 108 valence electrons. The van der Waals surface area contributed by atoms with Crippen molar-refractivity contribution in [3.63, 3.8) is 0 Å². The minimum Gasteiger partial charge on any atom is -0.385 e. The summed E-state index contributed by atoms with van der Waals surface area (Å²) in [6, 6.07) is 1.41. The van der Waals surface area contributed by atoms with Crippen LogP contribution in [-0.2, 0) is 4.74 Å². The van der Waals surface area contributed by atoms with Crippen molar-refractivity contribution >= 4 is 0 Å². The topological polar surface area (TPSA) is 24.5 Å². The molecule has 1 aliphatic carbocycles. The van der Waals surface area contributed by atoms with Crippen molar-refractivity contribution in [1.82, 2.24) is 10.2 Å². The van der Waals surface area contributed by atoms with Crippen LogP contribution in [0, 0.1) is 0 Å². The maximum absolute atomic E-state index is 5.15. The molecule has 3 nitrogen and oxygen atoms in total. The molecule has 2 atom stereocenters. The Balaban J connectivity index is 2.43. The summed E-state index contributed by atoms with van der Waals surface area (Å²) in [7, 11) is 4.07. The van der Waals surface area contributed by atoms with E-state index in [0.29, 0.717) is 6.04 Å². The van der Waals surface area contributed by atoms with Gasteiger partial charge < -0.3 is 15.0 Å². The van der Waals surface area contributed by atoms with Crippen molar-refractivity contribution in [3.05, 3.63) is 0 Å². The zero-order valence-corrected chi connectivity index (χ0v) is 12.6. The Hall–Kier alpha value is -0.120. The molecule has 0 bridgehead atoms. The quantitative estimate of drug-likeness (QED) is 0.534. The molecule has 1 rings (SSSR count). The molecular formula is C15H32N2O. The Labute approximate surface area is 113 Å². The third-order valence-electron chi connectivity index (χ3n) is 4.06.